The van der Waals surface area contributed by atoms with E-state index in [1.807, 2.05) is 0 Å². The van der Waals surface area contributed by atoms with Gasteiger partial charge in [-0.2, -0.15) is 0 Å². The predicted molar refractivity (Wildman–Crippen MR) is 211 cm³/mol. The van der Waals surface area contributed by atoms with Gasteiger partial charge in [0, 0.05) is 33.5 Å². The first-order chi connectivity index (χ1) is 24.3. The molecule has 6 aliphatic rings. The van der Waals surface area contributed by atoms with E-state index < -0.39 is 0 Å². The fraction of sp³-hybridized carbons (Fsp3) is 0.294. The molecule has 248 valence electrons. The maximum Gasteiger partial charge on any atom is 0.0364 e. The van der Waals surface area contributed by atoms with Crippen molar-refractivity contribution in [2.45, 2.75) is 95.3 Å². The number of hydrogen-bond acceptors (Lipinski definition) is 0. The van der Waals surface area contributed by atoms with E-state index in [2.05, 4.69) is 152 Å². The SMILES string of the molecule is CC1(C)c2cccc3c2CC2c4c-3cc(-c3cc5c6c(c3)C(C)(C)c3cccc7c3C6c3c-5cccc3C7(C)C)cc4C(C)(C)c3cccc1c32. The Bertz CT molecular complexity index is 2670. The van der Waals surface area contributed by atoms with Crippen molar-refractivity contribution in [1.29, 1.82) is 0 Å². The molecule has 0 aliphatic heterocycles. The van der Waals surface area contributed by atoms with Crippen LogP contribution in [0.15, 0.2) is 97.1 Å². The van der Waals surface area contributed by atoms with Crippen molar-refractivity contribution in [2.24, 2.45) is 0 Å². The molecule has 2 atom stereocenters. The van der Waals surface area contributed by atoms with Gasteiger partial charge in [0.25, 0.3) is 0 Å². The molecular weight excluding hydrogens is 613 g/mol. The summed E-state index contributed by atoms with van der Waals surface area (Å²) in [6.07, 6.45) is 1.10. The van der Waals surface area contributed by atoms with Crippen molar-refractivity contribution in [2.75, 3.05) is 0 Å². The van der Waals surface area contributed by atoms with Crippen molar-refractivity contribution < 1.29 is 0 Å². The Hall–Kier alpha value is -4.68. The second kappa shape index (κ2) is 8.50. The van der Waals surface area contributed by atoms with Crippen molar-refractivity contribution >= 4 is 0 Å². The predicted octanol–water partition coefficient (Wildman–Crippen LogP) is 12.4. The molecule has 0 saturated carbocycles. The van der Waals surface area contributed by atoms with Crippen LogP contribution in [0.25, 0.3) is 33.4 Å². The standard InChI is InChI=1S/C51H44/c1-48(2)34-15-9-13-28-30(34)25-33-42-31(28)21-26(23-40(42)50(5,6)36-18-11-17-35(48)43(33)36)27-22-32-29-14-10-16-37-44(29)47-45(32)41(24-27)51(7,8)39-20-12-19-38(46(39)47)49(37,3)4/h9-24,33,47H,25H2,1-8H3. The Morgan fingerprint density at radius 3 is 1.39 bits per heavy atom. The van der Waals surface area contributed by atoms with Gasteiger partial charge in [-0.1, -0.05) is 128 Å². The number of hydrogen-bond donors (Lipinski definition) is 0. The van der Waals surface area contributed by atoms with Gasteiger partial charge in [-0.25, -0.2) is 0 Å². The van der Waals surface area contributed by atoms with Gasteiger partial charge in [0.2, 0.25) is 0 Å². The van der Waals surface area contributed by atoms with Gasteiger partial charge in [-0.3, -0.25) is 0 Å². The van der Waals surface area contributed by atoms with E-state index in [4.69, 9.17) is 0 Å². The third-order valence-electron chi connectivity index (χ3n) is 15.1. The lowest BCUT2D eigenvalue weighted by atomic mass is 9.57. The summed E-state index contributed by atoms with van der Waals surface area (Å²) in [7, 11) is 0. The Kier molecular flexibility index (Phi) is 4.83. The van der Waals surface area contributed by atoms with Crippen LogP contribution in [0.5, 0.6) is 0 Å². The first-order valence-corrected chi connectivity index (χ1v) is 19.2. The summed E-state index contributed by atoms with van der Waals surface area (Å²) in [5, 5.41) is 0. The highest BCUT2D eigenvalue weighted by Gasteiger charge is 2.51. The van der Waals surface area contributed by atoms with Crippen LogP contribution in [0.4, 0.5) is 0 Å². The minimum Gasteiger partial charge on any atom is -0.0616 e. The molecule has 0 heteroatoms. The summed E-state index contributed by atoms with van der Waals surface area (Å²) in [5.74, 6) is 0.730. The van der Waals surface area contributed by atoms with Crippen LogP contribution in [0.3, 0.4) is 0 Å². The summed E-state index contributed by atoms with van der Waals surface area (Å²) in [6.45, 7) is 19.8. The largest absolute Gasteiger partial charge is 0.0616 e. The monoisotopic (exact) mass is 656 g/mol. The Labute approximate surface area is 302 Å². The number of rotatable bonds is 1. The molecule has 6 aromatic rings. The summed E-state index contributed by atoms with van der Waals surface area (Å²) in [5.41, 5.74) is 29.8. The fourth-order valence-corrected chi connectivity index (χ4v) is 12.7. The Balaban J connectivity index is 1.18. The van der Waals surface area contributed by atoms with Crippen molar-refractivity contribution in [1.82, 2.24) is 0 Å². The van der Waals surface area contributed by atoms with Gasteiger partial charge in [0.15, 0.2) is 0 Å². The third kappa shape index (κ3) is 3.04. The molecule has 0 spiro atoms. The molecule has 0 N–H and O–H groups in total. The van der Waals surface area contributed by atoms with Gasteiger partial charge in [-0.05, 0) is 142 Å². The molecular formula is C51H44. The summed E-state index contributed by atoms with van der Waals surface area (Å²) in [6, 6.07) is 39.1. The molecule has 0 heterocycles. The summed E-state index contributed by atoms with van der Waals surface area (Å²) in [4.78, 5) is 0. The molecule has 51 heavy (non-hydrogen) atoms. The van der Waals surface area contributed by atoms with Crippen LogP contribution in [0.1, 0.15) is 145 Å². The van der Waals surface area contributed by atoms with Crippen molar-refractivity contribution in [3.05, 3.63) is 175 Å². The lowest BCUT2D eigenvalue weighted by Gasteiger charge is -2.46. The zero-order valence-electron chi connectivity index (χ0n) is 31.1. The Morgan fingerprint density at radius 2 is 0.784 bits per heavy atom. The fourth-order valence-electron chi connectivity index (χ4n) is 12.7. The van der Waals surface area contributed by atoms with Gasteiger partial charge in [0.1, 0.15) is 0 Å². The number of benzene rings is 6. The molecule has 0 amide bonds. The lowest BCUT2D eigenvalue weighted by molar-refractivity contribution is 0.553. The molecule has 6 aromatic carbocycles. The average molecular weight is 657 g/mol. The molecule has 12 rings (SSSR count). The Morgan fingerprint density at radius 1 is 0.373 bits per heavy atom. The van der Waals surface area contributed by atoms with Crippen LogP contribution in [0.2, 0.25) is 0 Å². The normalized spacial score (nSPS) is 22.3. The van der Waals surface area contributed by atoms with Gasteiger partial charge >= 0.3 is 0 Å². The second-order valence-electron chi connectivity index (χ2n) is 18.8. The molecule has 2 bridgehead atoms. The minimum absolute atomic E-state index is 0.0322. The molecule has 0 radical (unpaired) electrons. The van der Waals surface area contributed by atoms with E-state index >= 15 is 0 Å². The molecule has 0 saturated heterocycles. The van der Waals surface area contributed by atoms with E-state index in [-0.39, 0.29) is 21.7 Å². The van der Waals surface area contributed by atoms with Crippen molar-refractivity contribution in [3.8, 4) is 33.4 Å². The van der Waals surface area contributed by atoms with Gasteiger partial charge in [0.05, 0.1) is 0 Å². The first kappa shape index (κ1) is 29.0. The molecule has 0 aromatic heterocycles. The highest BCUT2D eigenvalue weighted by molar-refractivity contribution is 5.93. The third-order valence-corrected chi connectivity index (χ3v) is 15.1. The van der Waals surface area contributed by atoms with Gasteiger partial charge < -0.3 is 0 Å². The maximum absolute atomic E-state index is 2.61. The van der Waals surface area contributed by atoms with E-state index in [0.29, 0.717) is 11.8 Å². The second-order valence-corrected chi connectivity index (χ2v) is 18.8. The van der Waals surface area contributed by atoms with Crippen LogP contribution in [0, 0.1) is 0 Å². The average Bonchev–Trinajstić information content (AvgIpc) is 3.41. The highest BCUT2D eigenvalue weighted by Crippen LogP contribution is 2.65. The minimum atomic E-state index is -0.108. The van der Waals surface area contributed by atoms with E-state index in [1.165, 1.54) is 77.9 Å². The maximum atomic E-state index is 2.61. The summed E-state index contributed by atoms with van der Waals surface area (Å²) < 4.78 is 0. The molecule has 6 aliphatic carbocycles. The quantitative estimate of drug-likeness (QED) is 0.165. The summed E-state index contributed by atoms with van der Waals surface area (Å²) >= 11 is 0. The highest BCUT2D eigenvalue weighted by atomic mass is 14.5. The van der Waals surface area contributed by atoms with E-state index in [9.17, 15) is 0 Å². The van der Waals surface area contributed by atoms with Crippen LogP contribution in [-0.2, 0) is 28.1 Å². The molecule has 0 nitrogen and oxygen atoms in total. The smallest absolute Gasteiger partial charge is 0.0364 e. The zero-order valence-corrected chi connectivity index (χ0v) is 31.1. The van der Waals surface area contributed by atoms with E-state index in [1.54, 1.807) is 33.4 Å². The van der Waals surface area contributed by atoms with Crippen LogP contribution in [-0.4, -0.2) is 0 Å². The van der Waals surface area contributed by atoms with Crippen LogP contribution >= 0.6 is 0 Å². The topological polar surface area (TPSA) is 0 Å². The molecule has 0 fully saturated rings. The van der Waals surface area contributed by atoms with Gasteiger partial charge in [-0.15, -0.1) is 0 Å². The van der Waals surface area contributed by atoms with Crippen molar-refractivity contribution in [3.63, 3.8) is 0 Å². The first-order valence-electron chi connectivity index (χ1n) is 19.2. The lowest BCUT2D eigenvalue weighted by Crippen LogP contribution is -2.36. The molecule has 2 unspecified atom stereocenters. The zero-order chi connectivity index (χ0) is 34.7. The number of fused-ring (bicyclic) bond motifs is 2. The van der Waals surface area contributed by atoms with Crippen LogP contribution < -0.4 is 0 Å². The van der Waals surface area contributed by atoms with E-state index in [0.717, 1.165) is 6.42 Å².